The van der Waals surface area contributed by atoms with Crippen molar-refractivity contribution in [1.82, 2.24) is 0 Å². The van der Waals surface area contributed by atoms with E-state index in [1.54, 1.807) is 0 Å². The van der Waals surface area contributed by atoms with Gasteiger partial charge in [-0.15, -0.1) is 0 Å². The molecule has 36 heavy (non-hydrogen) atoms. The Hall–Kier alpha value is -0.290. The molecule has 0 aromatic heterocycles. The molecule has 4 fully saturated rings. The van der Waals surface area contributed by atoms with Crippen molar-refractivity contribution in [2.75, 3.05) is 0 Å². The molecule has 9 heteroatoms. The second-order valence-electron chi connectivity index (χ2n) is 13.6. The first-order chi connectivity index (χ1) is 16.5. The summed E-state index contributed by atoms with van der Waals surface area (Å²) < 4.78 is 36.7. The van der Waals surface area contributed by atoms with Gasteiger partial charge in [-0.25, -0.2) is 4.18 Å². The number of hydrogen-bond donors (Lipinski definition) is 5. The Morgan fingerprint density at radius 3 is 2.19 bits per heavy atom. The third-order valence-corrected chi connectivity index (χ3v) is 11.8. The monoisotopic (exact) mass is 532 g/mol. The molecule has 0 bridgehead atoms. The molecule has 0 radical (unpaired) electrons. The van der Waals surface area contributed by atoms with Crippen molar-refractivity contribution in [3.05, 3.63) is 0 Å². The van der Waals surface area contributed by atoms with Gasteiger partial charge in [0, 0.05) is 12.3 Å². The number of aliphatic hydroxyl groups is 4. The van der Waals surface area contributed by atoms with E-state index in [-0.39, 0.29) is 52.8 Å². The van der Waals surface area contributed by atoms with Gasteiger partial charge in [0.25, 0.3) is 0 Å². The summed E-state index contributed by atoms with van der Waals surface area (Å²) in [5.74, 6) is -0.203. The largest absolute Gasteiger partial charge is 0.397 e. The normalized spacial score (nSPS) is 48.7. The summed E-state index contributed by atoms with van der Waals surface area (Å²) in [6.07, 6.45) is 3.28. The zero-order chi connectivity index (χ0) is 26.8. The molecular formula is C27H48O8S. The molecule has 4 rings (SSSR count). The molecule has 12 unspecified atom stereocenters. The van der Waals surface area contributed by atoms with E-state index in [9.17, 15) is 33.4 Å². The van der Waals surface area contributed by atoms with Crippen molar-refractivity contribution in [2.24, 2.45) is 46.3 Å². The van der Waals surface area contributed by atoms with E-state index in [0.717, 1.165) is 19.3 Å². The predicted octanol–water partition coefficient (Wildman–Crippen LogP) is 3.32. The standard InChI is InChI=1S/C27H48O8S/c1-15(2)22(35-36(32,33)34)7-6-16(3)18-13-20(29)24-26(18,5)11-9-23-25(4)10-8-17(28)12-19(25)21(30)14-27(23,24)31/h15-24,28-31H,6-14H2,1-5H3,(H,32,33,34). The smallest absolute Gasteiger partial charge is 0.393 e. The van der Waals surface area contributed by atoms with E-state index < -0.39 is 40.4 Å². The van der Waals surface area contributed by atoms with Crippen LogP contribution in [0.5, 0.6) is 0 Å². The van der Waals surface area contributed by atoms with E-state index >= 15 is 0 Å². The summed E-state index contributed by atoms with van der Waals surface area (Å²) in [5.41, 5.74) is -1.74. The fraction of sp³-hybridized carbons (Fsp3) is 1.00. The molecule has 4 aliphatic rings. The summed E-state index contributed by atoms with van der Waals surface area (Å²) in [6.45, 7) is 10.2. The molecule has 5 N–H and O–H groups in total. The van der Waals surface area contributed by atoms with Crippen LogP contribution in [0.4, 0.5) is 0 Å². The fourth-order valence-electron chi connectivity index (χ4n) is 9.68. The van der Waals surface area contributed by atoms with Gasteiger partial charge in [0.15, 0.2) is 0 Å². The van der Waals surface area contributed by atoms with Crippen LogP contribution in [0.25, 0.3) is 0 Å². The lowest BCUT2D eigenvalue weighted by Gasteiger charge is -2.66. The summed E-state index contributed by atoms with van der Waals surface area (Å²) in [6, 6.07) is 0. The van der Waals surface area contributed by atoms with E-state index in [1.807, 2.05) is 13.8 Å². The zero-order valence-corrected chi connectivity index (χ0v) is 23.3. The summed E-state index contributed by atoms with van der Waals surface area (Å²) in [4.78, 5) is 0. The van der Waals surface area contributed by atoms with Crippen LogP contribution in [0.3, 0.4) is 0 Å². The van der Waals surface area contributed by atoms with Crippen LogP contribution in [-0.2, 0) is 14.6 Å². The van der Waals surface area contributed by atoms with Crippen LogP contribution in [-0.4, -0.2) is 63.4 Å². The molecule has 0 aliphatic heterocycles. The zero-order valence-electron chi connectivity index (χ0n) is 22.5. The number of rotatable bonds is 7. The molecule has 0 aromatic rings. The number of aliphatic hydroxyl groups excluding tert-OH is 3. The van der Waals surface area contributed by atoms with Gasteiger partial charge in [-0.3, -0.25) is 4.55 Å². The van der Waals surface area contributed by atoms with Crippen molar-refractivity contribution in [3.8, 4) is 0 Å². The summed E-state index contributed by atoms with van der Waals surface area (Å²) >= 11 is 0. The van der Waals surface area contributed by atoms with Crippen LogP contribution < -0.4 is 0 Å². The Kier molecular flexibility index (Phi) is 7.75. The quantitative estimate of drug-likeness (QED) is 0.314. The molecule has 0 heterocycles. The maximum atomic E-state index is 12.4. The molecule has 0 saturated heterocycles. The minimum absolute atomic E-state index is 0.0267. The molecule has 4 aliphatic carbocycles. The van der Waals surface area contributed by atoms with Gasteiger partial charge in [-0.05, 0) is 91.8 Å². The van der Waals surface area contributed by atoms with Crippen molar-refractivity contribution in [3.63, 3.8) is 0 Å². The molecule has 4 saturated carbocycles. The minimum Gasteiger partial charge on any atom is -0.393 e. The molecule has 210 valence electrons. The van der Waals surface area contributed by atoms with E-state index in [2.05, 4.69) is 20.8 Å². The first-order valence-electron chi connectivity index (χ1n) is 13.9. The molecule has 0 spiro atoms. The Morgan fingerprint density at radius 2 is 1.58 bits per heavy atom. The highest BCUT2D eigenvalue weighted by Crippen LogP contribution is 2.69. The van der Waals surface area contributed by atoms with E-state index in [1.165, 1.54) is 0 Å². The SMILES string of the molecule is CC(C)C(CCC(C)C1CC(O)C2C1(C)CCC1C3(C)CCC(O)CC3C(O)CC12O)OS(=O)(=O)O. The van der Waals surface area contributed by atoms with Gasteiger partial charge in [0.1, 0.15) is 0 Å². The fourth-order valence-corrected chi connectivity index (χ4v) is 10.3. The van der Waals surface area contributed by atoms with Gasteiger partial charge in [-0.2, -0.15) is 8.42 Å². The molecule has 8 nitrogen and oxygen atoms in total. The minimum atomic E-state index is -4.53. The van der Waals surface area contributed by atoms with Gasteiger partial charge in [0.2, 0.25) is 0 Å². The van der Waals surface area contributed by atoms with Crippen LogP contribution in [0.1, 0.15) is 92.4 Å². The van der Waals surface area contributed by atoms with E-state index in [4.69, 9.17) is 4.18 Å². The summed E-state index contributed by atoms with van der Waals surface area (Å²) in [7, 11) is -4.53. The number of hydrogen-bond acceptors (Lipinski definition) is 7. The van der Waals surface area contributed by atoms with Crippen LogP contribution in [0.15, 0.2) is 0 Å². The average Bonchev–Trinajstić information content (AvgIpc) is 3.02. The molecular weight excluding hydrogens is 484 g/mol. The maximum absolute atomic E-state index is 12.4. The average molecular weight is 533 g/mol. The maximum Gasteiger partial charge on any atom is 0.397 e. The second-order valence-corrected chi connectivity index (χ2v) is 14.7. The topological polar surface area (TPSA) is 145 Å². The third kappa shape index (κ3) is 4.80. The Balaban J connectivity index is 1.55. The van der Waals surface area contributed by atoms with Crippen molar-refractivity contribution >= 4 is 10.4 Å². The highest BCUT2D eigenvalue weighted by atomic mass is 32.3. The van der Waals surface area contributed by atoms with Crippen molar-refractivity contribution < 1.29 is 37.6 Å². The van der Waals surface area contributed by atoms with Crippen molar-refractivity contribution in [2.45, 2.75) is 122 Å². The highest BCUT2D eigenvalue weighted by Gasteiger charge is 2.70. The van der Waals surface area contributed by atoms with E-state index in [0.29, 0.717) is 32.1 Å². The lowest BCUT2D eigenvalue weighted by molar-refractivity contribution is -0.263. The Morgan fingerprint density at radius 1 is 0.944 bits per heavy atom. The van der Waals surface area contributed by atoms with Gasteiger partial charge >= 0.3 is 10.4 Å². The first kappa shape index (κ1) is 28.7. The Labute approximate surface area is 216 Å². The third-order valence-electron chi connectivity index (χ3n) is 11.3. The number of fused-ring (bicyclic) bond motifs is 5. The van der Waals surface area contributed by atoms with Crippen LogP contribution in [0, 0.1) is 46.3 Å². The molecule has 12 atom stereocenters. The summed E-state index contributed by atoms with van der Waals surface area (Å²) in [5, 5.41) is 45.3. The highest BCUT2D eigenvalue weighted by molar-refractivity contribution is 7.80. The van der Waals surface area contributed by atoms with Crippen molar-refractivity contribution in [1.29, 1.82) is 0 Å². The van der Waals surface area contributed by atoms with Crippen LogP contribution in [0.2, 0.25) is 0 Å². The van der Waals surface area contributed by atoms with Gasteiger partial charge in [0.05, 0.1) is 30.0 Å². The predicted molar refractivity (Wildman–Crippen MR) is 135 cm³/mol. The molecule has 0 aromatic carbocycles. The second kappa shape index (κ2) is 9.72. The van der Waals surface area contributed by atoms with Gasteiger partial charge < -0.3 is 20.4 Å². The Bertz CT molecular complexity index is 909. The first-order valence-corrected chi connectivity index (χ1v) is 15.3. The molecule has 0 amide bonds. The lowest BCUT2D eigenvalue weighted by atomic mass is 9.42. The van der Waals surface area contributed by atoms with Gasteiger partial charge in [-0.1, -0.05) is 34.6 Å². The lowest BCUT2D eigenvalue weighted by Crippen LogP contribution is -2.68. The van der Waals surface area contributed by atoms with Crippen LogP contribution >= 0.6 is 0 Å².